The van der Waals surface area contributed by atoms with Crippen molar-refractivity contribution in [1.29, 1.82) is 0 Å². The number of carbonyl (C=O) groups excluding carboxylic acids is 1. The summed E-state index contributed by atoms with van der Waals surface area (Å²) in [7, 11) is 0. The quantitative estimate of drug-likeness (QED) is 0.815. The number of aromatic amines is 1. The van der Waals surface area contributed by atoms with Crippen molar-refractivity contribution >= 4 is 6.03 Å². The Labute approximate surface area is 129 Å². The van der Waals surface area contributed by atoms with Gasteiger partial charge in [-0.1, -0.05) is 13.8 Å². The van der Waals surface area contributed by atoms with Crippen LogP contribution in [-0.2, 0) is 13.0 Å². The summed E-state index contributed by atoms with van der Waals surface area (Å²) in [6.07, 6.45) is 3.47. The van der Waals surface area contributed by atoms with Crippen LogP contribution in [0.15, 0.2) is 22.7 Å². The molecule has 0 spiro atoms. The van der Waals surface area contributed by atoms with Crippen molar-refractivity contribution in [2.75, 3.05) is 0 Å². The van der Waals surface area contributed by atoms with Crippen LogP contribution in [0.3, 0.4) is 0 Å². The van der Waals surface area contributed by atoms with E-state index in [4.69, 9.17) is 4.42 Å². The molecule has 6 nitrogen and oxygen atoms in total. The lowest BCUT2D eigenvalue weighted by molar-refractivity contribution is 0.214. The second-order valence-corrected chi connectivity index (χ2v) is 6.74. The normalized spacial score (nSPS) is 19.5. The maximum atomic E-state index is 12.1. The van der Waals surface area contributed by atoms with Gasteiger partial charge in [-0.25, -0.2) is 4.79 Å². The predicted molar refractivity (Wildman–Crippen MR) is 82.2 cm³/mol. The van der Waals surface area contributed by atoms with Crippen LogP contribution in [-0.4, -0.2) is 16.2 Å². The van der Waals surface area contributed by atoms with Crippen molar-refractivity contribution in [1.82, 2.24) is 20.8 Å². The Bertz CT molecular complexity index is 658. The summed E-state index contributed by atoms with van der Waals surface area (Å²) < 4.78 is 5.79. The van der Waals surface area contributed by atoms with Crippen LogP contribution in [0.1, 0.15) is 49.1 Å². The van der Waals surface area contributed by atoms with Crippen LogP contribution in [0.25, 0.3) is 0 Å². The number of rotatable bonds is 3. The summed E-state index contributed by atoms with van der Waals surface area (Å²) in [5, 5.41) is 12.6. The first kappa shape index (κ1) is 14.7. The number of aryl methyl sites for hydroxylation is 1. The number of urea groups is 1. The molecule has 2 heterocycles. The third-order valence-electron chi connectivity index (χ3n) is 4.04. The first-order valence-electron chi connectivity index (χ1n) is 7.55. The van der Waals surface area contributed by atoms with Crippen LogP contribution >= 0.6 is 0 Å². The molecule has 0 saturated carbocycles. The van der Waals surface area contributed by atoms with E-state index in [1.54, 1.807) is 6.20 Å². The number of hydrogen-bond acceptors (Lipinski definition) is 3. The molecular weight excluding hydrogens is 280 g/mol. The van der Waals surface area contributed by atoms with Gasteiger partial charge in [-0.05, 0) is 30.9 Å². The molecule has 0 fully saturated rings. The monoisotopic (exact) mass is 302 g/mol. The van der Waals surface area contributed by atoms with Gasteiger partial charge in [0.15, 0.2) is 0 Å². The van der Waals surface area contributed by atoms with Gasteiger partial charge in [0, 0.05) is 18.2 Å². The van der Waals surface area contributed by atoms with E-state index < -0.39 is 0 Å². The molecule has 1 atom stereocenters. The van der Waals surface area contributed by atoms with Gasteiger partial charge < -0.3 is 15.1 Å². The molecule has 0 bridgehead atoms. The van der Waals surface area contributed by atoms with Crippen molar-refractivity contribution in [2.45, 2.75) is 46.2 Å². The molecule has 0 unspecified atom stereocenters. The molecule has 22 heavy (non-hydrogen) atoms. The van der Waals surface area contributed by atoms with E-state index in [1.165, 1.54) is 0 Å². The predicted octanol–water partition coefficient (Wildman–Crippen LogP) is 2.82. The average Bonchev–Trinajstić information content (AvgIpc) is 3.04. The fourth-order valence-electron chi connectivity index (χ4n) is 3.08. The number of fused-ring (bicyclic) bond motifs is 1. The maximum Gasteiger partial charge on any atom is 0.315 e. The van der Waals surface area contributed by atoms with Gasteiger partial charge in [-0.2, -0.15) is 5.10 Å². The van der Waals surface area contributed by atoms with Crippen molar-refractivity contribution in [3.63, 3.8) is 0 Å². The third-order valence-corrected chi connectivity index (χ3v) is 4.04. The van der Waals surface area contributed by atoms with Gasteiger partial charge in [0.2, 0.25) is 0 Å². The van der Waals surface area contributed by atoms with E-state index in [0.717, 1.165) is 35.6 Å². The van der Waals surface area contributed by atoms with Crippen LogP contribution in [0.4, 0.5) is 4.79 Å². The summed E-state index contributed by atoms with van der Waals surface area (Å²) in [5.41, 5.74) is 2.09. The average molecular weight is 302 g/mol. The number of carbonyl (C=O) groups is 1. The van der Waals surface area contributed by atoms with E-state index in [9.17, 15) is 4.79 Å². The number of aromatic nitrogens is 2. The number of hydrogen-bond donors (Lipinski definition) is 3. The molecule has 0 aliphatic heterocycles. The lowest BCUT2D eigenvalue weighted by Crippen LogP contribution is -2.41. The molecule has 2 aromatic rings. The highest BCUT2D eigenvalue weighted by molar-refractivity contribution is 5.74. The van der Waals surface area contributed by atoms with E-state index >= 15 is 0 Å². The summed E-state index contributed by atoms with van der Waals surface area (Å²) >= 11 is 0. The van der Waals surface area contributed by atoms with Gasteiger partial charge >= 0.3 is 6.03 Å². The first-order valence-corrected chi connectivity index (χ1v) is 7.55. The summed E-state index contributed by atoms with van der Waals surface area (Å²) in [5.74, 6) is 1.89. The highest BCUT2D eigenvalue weighted by atomic mass is 16.3. The van der Waals surface area contributed by atoms with Gasteiger partial charge in [-0.15, -0.1) is 0 Å². The van der Waals surface area contributed by atoms with Crippen molar-refractivity contribution in [3.8, 4) is 0 Å². The largest absolute Gasteiger partial charge is 0.466 e. The minimum Gasteiger partial charge on any atom is -0.466 e. The van der Waals surface area contributed by atoms with Crippen LogP contribution in [0.5, 0.6) is 0 Å². The zero-order valence-electron chi connectivity index (χ0n) is 13.2. The molecule has 2 aromatic heterocycles. The molecule has 3 rings (SSSR count). The smallest absolute Gasteiger partial charge is 0.315 e. The summed E-state index contributed by atoms with van der Waals surface area (Å²) in [6.45, 7) is 6.77. The number of furan rings is 1. The van der Waals surface area contributed by atoms with Gasteiger partial charge in [0.1, 0.15) is 11.5 Å². The molecule has 118 valence electrons. The Morgan fingerprint density at radius 1 is 1.55 bits per heavy atom. The first-order chi connectivity index (χ1) is 10.4. The second kappa shape index (κ2) is 5.51. The Morgan fingerprint density at radius 2 is 2.36 bits per heavy atom. The Morgan fingerprint density at radius 3 is 3.09 bits per heavy atom. The molecule has 3 N–H and O–H groups in total. The lowest BCUT2D eigenvalue weighted by Gasteiger charge is -2.34. The van der Waals surface area contributed by atoms with E-state index in [0.29, 0.717) is 6.54 Å². The lowest BCUT2D eigenvalue weighted by atomic mass is 9.75. The Balaban J connectivity index is 1.67. The molecule has 1 aliphatic rings. The van der Waals surface area contributed by atoms with Crippen LogP contribution in [0, 0.1) is 12.3 Å². The SMILES string of the molecule is Cc1cc2c(o1)CC(C)(C)C[C@@H]2NC(=O)NCc1ccn[nH]1. The van der Waals surface area contributed by atoms with Crippen LogP contribution < -0.4 is 10.6 Å². The topological polar surface area (TPSA) is 82.9 Å². The third kappa shape index (κ3) is 3.16. The minimum absolute atomic E-state index is 0.0158. The highest BCUT2D eigenvalue weighted by Gasteiger charge is 2.35. The van der Waals surface area contributed by atoms with Gasteiger partial charge in [-0.3, -0.25) is 5.10 Å². The second-order valence-electron chi connectivity index (χ2n) is 6.74. The van der Waals surface area contributed by atoms with E-state index in [2.05, 4.69) is 34.7 Å². The zero-order valence-corrected chi connectivity index (χ0v) is 13.2. The van der Waals surface area contributed by atoms with E-state index in [1.807, 2.05) is 19.1 Å². The molecule has 1 aliphatic carbocycles. The molecule has 0 aromatic carbocycles. The number of nitrogens with one attached hydrogen (secondary N) is 3. The Hall–Kier alpha value is -2.24. The van der Waals surface area contributed by atoms with Gasteiger partial charge in [0.25, 0.3) is 0 Å². The van der Waals surface area contributed by atoms with Gasteiger partial charge in [0.05, 0.1) is 18.3 Å². The summed E-state index contributed by atoms with van der Waals surface area (Å²) in [6, 6.07) is 3.67. The standard InChI is InChI=1S/C16H22N4O2/c1-10-6-12-13(7-16(2,3)8-14(12)22-10)19-15(21)17-9-11-4-5-18-20-11/h4-6,13H,7-9H2,1-3H3,(H,18,20)(H2,17,19,21)/t13-/m0/s1. The Kier molecular flexibility index (Phi) is 3.68. The minimum atomic E-state index is -0.179. The van der Waals surface area contributed by atoms with Crippen molar-refractivity contribution < 1.29 is 9.21 Å². The highest BCUT2D eigenvalue weighted by Crippen LogP contribution is 2.41. The molecule has 0 radical (unpaired) electrons. The maximum absolute atomic E-state index is 12.1. The molecule has 6 heteroatoms. The van der Waals surface area contributed by atoms with Crippen LogP contribution in [0.2, 0.25) is 0 Å². The zero-order chi connectivity index (χ0) is 15.7. The van der Waals surface area contributed by atoms with E-state index in [-0.39, 0.29) is 17.5 Å². The fourth-order valence-corrected chi connectivity index (χ4v) is 3.08. The molecular formula is C16H22N4O2. The van der Waals surface area contributed by atoms with Crippen molar-refractivity contribution in [2.24, 2.45) is 5.41 Å². The molecule has 0 saturated heterocycles. The number of amides is 2. The number of H-pyrrole nitrogens is 1. The number of nitrogens with zero attached hydrogens (tertiary/aromatic N) is 1. The van der Waals surface area contributed by atoms with Crippen molar-refractivity contribution in [3.05, 3.63) is 41.1 Å². The summed E-state index contributed by atoms with van der Waals surface area (Å²) in [4.78, 5) is 12.1. The fraction of sp³-hybridized carbons (Fsp3) is 0.500. The molecule has 2 amide bonds.